The first-order valence-corrected chi connectivity index (χ1v) is 10.6. The molecule has 146 valence electrons. The molecule has 0 radical (unpaired) electrons. The van der Waals surface area contributed by atoms with Crippen LogP contribution < -0.4 is 11.1 Å². The summed E-state index contributed by atoms with van der Waals surface area (Å²) in [6.07, 6.45) is 2.36. The number of nitrogens with zero attached hydrogens (tertiary/aromatic N) is 1. The number of amides is 2. The topological polar surface area (TPSA) is 75.4 Å². The van der Waals surface area contributed by atoms with E-state index in [4.69, 9.17) is 5.73 Å². The van der Waals surface area contributed by atoms with Crippen LogP contribution in [0.1, 0.15) is 40.5 Å². The highest BCUT2D eigenvalue weighted by atomic mass is 32.2. The predicted molar refractivity (Wildman–Crippen MR) is 111 cm³/mol. The van der Waals surface area contributed by atoms with Crippen molar-refractivity contribution in [1.82, 2.24) is 10.2 Å². The Morgan fingerprint density at radius 2 is 1.50 bits per heavy atom. The van der Waals surface area contributed by atoms with Gasteiger partial charge in [0.25, 0.3) is 5.91 Å². The summed E-state index contributed by atoms with van der Waals surface area (Å²) in [5, 5.41) is 3.27. The largest absolute Gasteiger partial charge is 0.366 e. The number of carbonyl (C=O) groups is 2. The van der Waals surface area contributed by atoms with Gasteiger partial charge in [0.15, 0.2) is 0 Å². The van der Waals surface area contributed by atoms with Gasteiger partial charge in [-0.2, -0.15) is 0 Å². The monoisotopic (exact) mass is 395 g/mol. The third-order valence-electron chi connectivity index (χ3n) is 5.97. The first-order valence-electron chi connectivity index (χ1n) is 9.74. The van der Waals surface area contributed by atoms with Gasteiger partial charge in [0.2, 0.25) is 5.91 Å². The van der Waals surface area contributed by atoms with Crippen LogP contribution in [0.3, 0.4) is 0 Å². The number of benzene rings is 2. The number of nitrogens with one attached hydrogen (secondary N) is 1. The van der Waals surface area contributed by atoms with Crippen molar-refractivity contribution in [2.75, 3.05) is 13.1 Å². The lowest BCUT2D eigenvalue weighted by Crippen LogP contribution is -2.62. The molecule has 5 rings (SSSR count). The van der Waals surface area contributed by atoms with E-state index in [2.05, 4.69) is 17.1 Å². The van der Waals surface area contributed by atoms with Gasteiger partial charge < -0.3 is 11.1 Å². The highest BCUT2D eigenvalue weighted by molar-refractivity contribution is 7.99. The quantitative estimate of drug-likeness (QED) is 0.816. The van der Waals surface area contributed by atoms with Gasteiger partial charge in [-0.3, -0.25) is 14.5 Å². The van der Waals surface area contributed by atoms with Gasteiger partial charge >= 0.3 is 0 Å². The molecule has 2 atom stereocenters. The Hall–Kier alpha value is -2.31. The number of fused-ring (bicyclic) bond motifs is 3. The molecule has 2 amide bonds. The van der Waals surface area contributed by atoms with Crippen LogP contribution in [0.15, 0.2) is 58.3 Å². The summed E-state index contributed by atoms with van der Waals surface area (Å²) in [4.78, 5) is 28.4. The second kappa shape index (κ2) is 7.97. The van der Waals surface area contributed by atoms with Gasteiger partial charge in [0, 0.05) is 33.0 Å². The molecule has 2 bridgehead atoms. The van der Waals surface area contributed by atoms with Crippen molar-refractivity contribution < 1.29 is 9.59 Å². The normalized spacial score (nSPS) is 26.0. The van der Waals surface area contributed by atoms with Gasteiger partial charge in [-0.1, -0.05) is 11.8 Å². The maximum atomic E-state index is 12.7. The summed E-state index contributed by atoms with van der Waals surface area (Å²) < 4.78 is 0. The summed E-state index contributed by atoms with van der Waals surface area (Å²) in [6, 6.07) is 15.5. The van der Waals surface area contributed by atoms with E-state index in [1.54, 1.807) is 23.9 Å². The zero-order chi connectivity index (χ0) is 19.7. The van der Waals surface area contributed by atoms with Crippen molar-refractivity contribution in [2.45, 2.75) is 41.6 Å². The maximum Gasteiger partial charge on any atom is 0.251 e. The molecule has 3 N–H and O–H groups in total. The molecule has 28 heavy (non-hydrogen) atoms. The zero-order valence-corrected chi connectivity index (χ0v) is 16.7. The van der Waals surface area contributed by atoms with Crippen LogP contribution in [0, 0.1) is 5.92 Å². The molecule has 3 fully saturated rings. The molecule has 0 aliphatic carbocycles. The lowest BCUT2D eigenvalue weighted by molar-refractivity contribution is 0.0217. The molecule has 2 aromatic rings. The molecule has 5 nitrogen and oxygen atoms in total. The van der Waals surface area contributed by atoms with Crippen molar-refractivity contribution in [3.05, 3.63) is 59.7 Å². The van der Waals surface area contributed by atoms with E-state index >= 15 is 0 Å². The van der Waals surface area contributed by atoms with Crippen LogP contribution in [-0.2, 0) is 0 Å². The van der Waals surface area contributed by atoms with Crippen LogP contribution in [-0.4, -0.2) is 41.9 Å². The third kappa shape index (κ3) is 3.93. The molecule has 3 heterocycles. The average molecular weight is 396 g/mol. The third-order valence-corrected chi connectivity index (χ3v) is 6.98. The molecule has 0 aromatic heterocycles. The van der Waals surface area contributed by atoms with Crippen molar-refractivity contribution in [3.8, 4) is 0 Å². The molecule has 3 aliphatic heterocycles. The second-order valence-corrected chi connectivity index (χ2v) is 8.78. The molecule has 3 saturated heterocycles. The molecule has 0 saturated carbocycles. The van der Waals surface area contributed by atoms with Gasteiger partial charge in [0.05, 0.1) is 0 Å². The Morgan fingerprint density at radius 3 is 2.00 bits per heavy atom. The predicted octanol–water partition coefficient (Wildman–Crippen LogP) is 3.15. The lowest BCUT2D eigenvalue weighted by Gasteiger charge is -2.49. The molecule has 6 heteroatoms. The standard InChI is InChI=1S/C22H25N3O2S/c1-14-20(15-10-12-25(14)13-11-15)24-22(27)17-4-8-19(9-5-17)28-18-6-2-16(3-7-18)21(23)26/h2-9,14-15,20H,10-13H2,1H3,(H2,23,26)(H,24,27)/t14-,20-/m0/s1. The molecule has 2 aromatic carbocycles. The lowest BCUT2D eigenvalue weighted by atomic mass is 9.79. The summed E-state index contributed by atoms with van der Waals surface area (Å²) in [5.41, 5.74) is 6.46. The van der Waals surface area contributed by atoms with E-state index in [1.807, 2.05) is 36.4 Å². The highest BCUT2D eigenvalue weighted by Gasteiger charge is 2.40. The molecule has 0 unspecified atom stereocenters. The first-order chi connectivity index (χ1) is 13.5. The minimum atomic E-state index is -0.427. The van der Waals surface area contributed by atoms with Gasteiger partial charge in [-0.15, -0.1) is 0 Å². The number of hydrogen-bond acceptors (Lipinski definition) is 4. The Labute approximate surface area is 169 Å². The minimum Gasteiger partial charge on any atom is -0.366 e. The first kappa shape index (κ1) is 19.0. The van der Waals surface area contributed by atoms with Crippen molar-refractivity contribution in [2.24, 2.45) is 11.7 Å². The molecule has 3 aliphatic rings. The Balaban J connectivity index is 1.38. The number of carbonyl (C=O) groups excluding carboxylic acids is 2. The van der Waals surface area contributed by atoms with E-state index in [9.17, 15) is 9.59 Å². The number of primary amides is 1. The fraction of sp³-hybridized carbons (Fsp3) is 0.364. The van der Waals surface area contributed by atoms with E-state index in [0.29, 0.717) is 23.1 Å². The molecular formula is C22H25N3O2S. The average Bonchev–Trinajstić information content (AvgIpc) is 2.72. The summed E-state index contributed by atoms with van der Waals surface area (Å²) in [5.74, 6) is 0.180. The van der Waals surface area contributed by atoms with Crippen LogP contribution in [0.5, 0.6) is 0 Å². The molecular weight excluding hydrogens is 370 g/mol. The van der Waals surface area contributed by atoms with Gasteiger partial charge in [0.1, 0.15) is 0 Å². The SMILES string of the molecule is C[C@H]1[C@H](NC(=O)c2ccc(Sc3ccc(C(N)=O)cc3)cc2)C2CCN1CC2. The van der Waals surface area contributed by atoms with Crippen LogP contribution >= 0.6 is 11.8 Å². The maximum absolute atomic E-state index is 12.7. The summed E-state index contributed by atoms with van der Waals surface area (Å²) in [7, 11) is 0. The van der Waals surface area contributed by atoms with Gasteiger partial charge in [-0.05, 0) is 87.3 Å². The van der Waals surface area contributed by atoms with E-state index in [-0.39, 0.29) is 11.9 Å². The Morgan fingerprint density at radius 1 is 0.964 bits per heavy atom. The highest BCUT2D eigenvalue weighted by Crippen LogP contribution is 2.32. The smallest absolute Gasteiger partial charge is 0.251 e. The van der Waals surface area contributed by atoms with Gasteiger partial charge in [-0.25, -0.2) is 0 Å². The number of nitrogens with two attached hydrogens (primary N) is 1. The second-order valence-electron chi connectivity index (χ2n) is 7.63. The fourth-order valence-electron chi connectivity index (χ4n) is 4.28. The fourth-order valence-corrected chi connectivity index (χ4v) is 5.09. The summed E-state index contributed by atoms with van der Waals surface area (Å²) >= 11 is 1.58. The Bertz CT molecular complexity index is 856. The number of piperidine rings is 3. The van der Waals surface area contributed by atoms with Crippen LogP contribution in [0.2, 0.25) is 0 Å². The minimum absolute atomic E-state index is 0.00737. The van der Waals surface area contributed by atoms with E-state index in [1.165, 1.54) is 12.8 Å². The van der Waals surface area contributed by atoms with Crippen molar-refractivity contribution >= 4 is 23.6 Å². The van der Waals surface area contributed by atoms with Crippen molar-refractivity contribution in [1.29, 1.82) is 0 Å². The summed E-state index contributed by atoms with van der Waals surface area (Å²) in [6.45, 7) is 4.54. The van der Waals surface area contributed by atoms with Crippen molar-refractivity contribution in [3.63, 3.8) is 0 Å². The zero-order valence-electron chi connectivity index (χ0n) is 15.9. The van der Waals surface area contributed by atoms with Crippen LogP contribution in [0.4, 0.5) is 0 Å². The van der Waals surface area contributed by atoms with Crippen LogP contribution in [0.25, 0.3) is 0 Å². The molecule has 0 spiro atoms. The number of hydrogen-bond donors (Lipinski definition) is 2. The van der Waals surface area contributed by atoms with E-state index in [0.717, 1.165) is 22.9 Å². The number of rotatable bonds is 5. The Kier molecular flexibility index (Phi) is 5.42. The van der Waals surface area contributed by atoms with E-state index < -0.39 is 5.91 Å².